The second-order valence-corrected chi connectivity index (χ2v) is 6.31. The Bertz CT molecular complexity index is 376. The van der Waals surface area contributed by atoms with Crippen LogP contribution >= 0.6 is 0 Å². The van der Waals surface area contributed by atoms with Gasteiger partial charge in [-0.2, -0.15) is 4.40 Å². The van der Waals surface area contributed by atoms with E-state index >= 15 is 0 Å². The Labute approximate surface area is 94.0 Å². The molecule has 82 valence electrons. The molecule has 0 amide bonds. The highest BCUT2D eigenvalue weighted by Gasteiger charge is 2.19. The second-order valence-electron chi connectivity index (χ2n) is 4.40. The summed E-state index contributed by atoms with van der Waals surface area (Å²) in [6.07, 6.45) is 0. The highest BCUT2D eigenvalue weighted by Crippen LogP contribution is 2.13. The first-order valence-electron chi connectivity index (χ1n) is 4.94. The number of hydrogen-bond acceptors (Lipinski definition) is 1. The topological polar surface area (TPSA) is 29.4 Å². The molecule has 3 heteroatoms. The van der Waals surface area contributed by atoms with Crippen LogP contribution in [0, 0.1) is 0 Å². The van der Waals surface area contributed by atoms with Crippen LogP contribution in [0.1, 0.15) is 33.3 Å². The molecule has 0 saturated carbocycles. The second kappa shape index (κ2) is 4.71. The summed E-state index contributed by atoms with van der Waals surface area (Å²) < 4.78 is 15.7. The van der Waals surface area contributed by atoms with E-state index in [-0.39, 0.29) is 4.75 Å². The molecule has 1 rings (SSSR count). The van der Waals surface area contributed by atoms with Crippen molar-refractivity contribution < 1.29 is 4.21 Å². The lowest BCUT2D eigenvalue weighted by atomic mass is 10.1. The van der Waals surface area contributed by atoms with Gasteiger partial charge >= 0.3 is 0 Å². The molecule has 1 aromatic rings. The van der Waals surface area contributed by atoms with Gasteiger partial charge in [0.15, 0.2) is 0 Å². The third-order valence-corrected chi connectivity index (χ3v) is 3.42. The van der Waals surface area contributed by atoms with Gasteiger partial charge in [0, 0.05) is 0 Å². The molecule has 0 fully saturated rings. The van der Waals surface area contributed by atoms with Crippen LogP contribution in [0.4, 0.5) is 0 Å². The van der Waals surface area contributed by atoms with Crippen LogP contribution in [0.15, 0.2) is 34.7 Å². The molecule has 0 saturated heterocycles. The quantitative estimate of drug-likeness (QED) is 0.709. The molecule has 1 aromatic carbocycles. The van der Waals surface area contributed by atoms with Gasteiger partial charge in [-0.1, -0.05) is 30.3 Å². The molecule has 1 atom stereocenters. The molecule has 15 heavy (non-hydrogen) atoms. The summed E-state index contributed by atoms with van der Waals surface area (Å²) in [4.78, 5) is 0. The van der Waals surface area contributed by atoms with Gasteiger partial charge in [-0.15, -0.1) is 0 Å². The SMILES string of the molecule is C/C(=N/[S@@](=O)C(C)(C)C)c1ccccc1. The first kappa shape index (κ1) is 12.1. The molecule has 0 heterocycles. The third kappa shape index (κ3) is 3.59. The van der Waals surface area contributed by atoms with Crippen molar-refractivity contribution >= 4 is 16.7 Å². The van der Waals surface area contributed by atoms with Crippen LogP contribution in [-0.4, -0.2) is 14.7 Å². The van der Waals surface area contributed by atoms with Crippen molar-refractivity contribution in [2.45, 2.75) is 32.4 Å². The molecule has 0 aliphatic heterocycles. The first-order valence-corrected chi connectivity index (χ1v) is 6.04. The number of nitrogens with zero attached hydrogens (tertiary/aromatic N) is 1. The highest BCUT2D eigenvalue weighted by molar-refractivity contribution is 7.85. The van der Waals surface area contributed by atoms with Crippen molar-refractivity contribution in [3.8, 4) is 0 Å². The molecule has 0 aromatic heterocycles. The zero-order valence-electron chi connectivity index (χ0n) is 9.65. The van der Waals surface area contributed by atoms with Crippen molar-refractivity contribution in [1.82, 2.24) is 0 Å². The fourth-order valence-corrected chi connectivity index (χ4v) is 1.62. The minimum atomic E-state index is -1.18. The van der Waals surface area contributed by atoms with E-state index in [1.807, 2.05) is 58.0 Å². The monoisotopic (exact) mass is 223 g/mol. The Morgan fingerprint density at radius 2 is 1.73 bits per heavy atom. The van der Waals surface area contributed by atoms with E-state index in [9.17, 15) is 4.21 Å². The Hall–Kier alpha value is -0.960. The molecule has 0 unspecified atom stereocenters. The lowest BCUT2D eigenvalue weighted by molar-refractivity contribution is 0.650. The van der Waals surface area contributed by atoms with Gasteiger partial charge in [0.25, 0.3) is 0 Å². The summed E-state index contributed by atoms with van der Waals surface area (Å²) in [7, 11) is -1.18. The average molecular weight is 223 g/mol. The number of hydrogen-bond donors (Lipinski definition) is 0. The van der Waals surface area contributed by atoms with E-state index in [2.05, 4.69) is 4.40 Å². The predicted octanol–water partition coefficient (Wildman–Crippen LogP) is 2.96. The van der Waals surface area contributed by atoms with Gasteiger partial charge in [0.2, 0.25) is 0 Å². The van der Waals surface area contributed by atoms with Crippen LogP contribution in [-0.2, 0) is 11.0 Å². The molecule has 0 bridgehead atoms. The minimum Gasteiger partial charge on any atom is -0.234 e. The number of rotatable bonds is 2. The van der Waals surface area contributed by atoms with Crippen LogP contribution < -0.4 is 0 Å². The minimum absolute atomic E-state index is 0.296. The molecule has 0 aliphatic rings. The van der Waals surface area contributed by atoms with E-state index in [1.165, 1.54) is 0 Å². The summed E-state index contributed by atoms with van der Waals surface area (Å²) in [5, 5.41) is 0. The molecule has 0 spiro atoms. The van der Waals surface area contributed by atoms with Gasteiger partial charge < -0.3 is 0 Å². The van der Waals surface area contributed by atoms with Crippen molar-refractivity contribution in [3.05, 3.63) is 35.9 Å². The molecular weight excluding hydrogens is 206 g/mol. The standard InChI is InChI=1S/C12H17NOS/c1-10(11-8-6-5-7-9-11)13-15(14)12(2,3)4/h5-9H,1-4H3/b13-10-/t15-/m0/s1. The summed E-state index contributed by atoms with van der Waals surface area (Å²) in [6, 6.07) is 9.80. The maximum atomic E-state index is 11.8. The Balaban J connectivity index is 2.91. The summed E-state index contributed by atoms with van der Waals surface area (Å²) in [6.45, 7) is 7.65. The van der Waals surface area contributed by atoms with Gasteiger partial charge in [0.05, 0.1) is 10.5 Å². The Morgan fingerprint density at radius 1 is 1.20 bits per heavy atom. The van der Waals surface area contributed by atoms with Crippen LogP contribution in [0.5, 0.6) is 0 Å². The van der Waals surface area contributed by atoms with Crippen molar-refractivity contribution in [2.24, 2.45) is 4.40 Å². The lowest BCUT2D eigenvalue weighted by Crippen LogP contribution is -2.20. The van der Waals surface area contributed by atoms with Crippen molar-refractivity contribution in [2.75, 3.05) is 0 Å². The normalized spacial score (nSPS) is 15.1. The Morgan fingerprint density at radius 3 is 2.20 bits per heavy atom. The van der Waals surface area contributed by atoms with Crippen LogP contribution in [0.3, 0.4) is 0 Å². The van der Waals surface area contributed by atoms with E-state index in [1.54, 1.807) is 0 Å². The fourth-order valence-electron chi connectivity index (χ4n) is 0.993. The Kier molecular flexibility index (Phi) is 3.80. The third-order valence-electron chi connectivity index (χ3n) is 1.94. The van der Waals surface area contributed by atoms with Crippen LogP contribution in [0.2, 0.25) is 0 Å². The molecule has 0 N–H and O–H groups in total. The highest BCUT2D eigenvalue weighted by atomic mass is 32.2. The van der Waals surface area contributed by atoms with Crippen molar-refractivity contribution in [1.29, 1.82) is 0 Å². The van der Waals surface area contributed by atoms with Crippen molar-refractivity contribution in [3.63, 3.8) is 0 Å². The predicted molar refractivity (Wildman–Crippen MR) is 66.5 cm³/mol. The summed E-state index contributed by atoms with van der Waals surface area (Å²) in [5.74, 6) is 0. The zero-order valence-corrected chi connectivity index (χ0v) is 10.5. The maximum Gasteiger partial charge on any atom is 0.145 e. The van der Waals surface area contributed by atoms with E-state index in [0.717, 1.165) is 11.3 Å². The maximum absolute atomic E-state index is 11.8. The molecule has 2 nitrogen and oxygen atoms in total. The lowest BCUT2D eigenvalue weighted by Gasteiger charge is -2.14. The number of benzene rings is 1. The van der Waals surface area contributed by atoms with E-state index in [4.69, 9.17) is 0 Å². The average Bonchev–Trinajstić information content (AvgIpc) is 2.17. The van der Waals surface area contributed by atoms with Gasteiger partial charge in [-0.3, -0.25) is 0 Å². The van der Waals surface area contributed by atoms with Gasteiger partial charge in [-0.05, 0) is 33.3 Å². The summed E-state index contributed by atoms with van der Waals surface area (Å²) in [5.41, 5.74) is 1.85. The van der Waals surface area contributed by atoms with E-state index < -0.39 is 11.0 Å². The van der Waals surface area contributed by atoms with Gasteiger partial charge in [0.1, 0.15) is 11.0 Å². The van der Waals surface area contributed by atoms with E-state index in [0.29, 0.717) is 0 Å². The van der Waals surface area contributed by atoms with Crippen LogP contribution in [0.25, 0.3) is 0 Å². The molecule has 0 aliphatic carbocycles. The largest absolute Gasteiger partial charge is 0.234 e. The summed E-state index contributed by atoms with van der Waals surface area (Å²) >= 11 is 0. The molecule has 0 radical (unpaired) electrons. The molecular formula is C12H17NOS. The zero-order chi connectivity index (χ0) is 11.5. The fraction of sp³-hybridized carbons (Fsp3) is 0.417. The first-order chi connectivity index (χ1) is 6.91. The smallest absolute Gasteiger partial charge is 0.145 e. The van der Waals surface area contributed by atoms with Gasteiger partial charge in [-0.25, -0.2) is 4.21 Å².